The molecule has 1 aromatic heterocycles. The van der Waals surface area contributed by atoms with E-state index >= 15 is 0 Å². The highest BCUT2D eigenvalue weighted by molar-refractivity contribution is 7.08. The van der Waals surface area contributed by atoms with Crippen molar-refractivity contribution >= 4 is 11.3 Å². The summed E-state index contributed by atoms with van der Waals surface area (Å²) in [6.07, 6.45) is 1.22. The Morgan fingerprint density at radius 2 is 2.15 bits per heavy atom. The first-order chi connectivity index (χ1) is 6.20. The van der Waals surface area contributed by atoms with Crippen LogP contribution in [0.5, 0.6) is 0 Å². The Balaban J connectivity index is 2.84. The number of aryl methyl sites for hydroxylation is 1. The molecule has 2 heteroatoms. The van der Waals surface area contributed by atoms with Crippen molar-refractivity contribution in [3.05, 3.63) is 21.9 Å². The first-order valence-electron chi connectivity index (χ1n) is 4.90. The molecule has 2 unspecified atom stereocenters. The van der Waals surface area contributed by atoms with Gasteiger partial charge in [0.25, 0.3) is 0 Å². The van der Waals surface area contributed by atoms with Crippen LogP contribution in [0.3, 0.4) is 0 Å². The highest BCUT2D eigenvalue weighted by atomic mass is 32.1. The molecule has 0 fully saturated rings. The third-order valence-electron chi connectivity index (χ3n) is 2.75. The Bertz CT molecular complexity index is 254. The van der Waals surface area contributed by atoms with Crippen LogP contribution in [0.15, 0.2) is 10.8 Å². The molecule has 1 heterocycles. The molecular formula is C11H19NS. The van der Waals surface area contributed by atoms with Gasteiger partial charge in [-0.15, -0.1) is 0 Å². The predicted octanol–water partition coefficient (Wildman–Crippen LogP) is 3.36. The Kier molecular flexibility index (Phi) is 3.94. The van der Waals surface area contributed by atoms with Crippen molar-refractivity contribution < 1.29 is 0 Å². The van der Waals surface area contributed by atoms with Crippen molar-refractivity contribution in [2.45, 2.75) is 33.2 Å². The Labute approximate surface area is 85.2 Å². The van der Waals surface area contributed by atoms with Crippen molar-refractivity contribution in [3.8, 4) is 0 Å². The molecule has 0 spiro atoms. The van der Waals surface area contributed by atoms with E-state index in [1.54, 1.807) is 11.3 Å². The summed E-state index contributed by atoms with van der Waals surface area (Å²) in [5.74, 6) is 0.707. The lowest BCUT2D eigenvalue weighted by atomic mass is 9.92. The summed E-state index contributed by atoms with van der Waals surface area (Å²) in [5, 5.41) is 7.89. The average molecular weight is 197 g/mol. The zero-order valence-electron chi connectivity index (χ0n) is 8.92. The number of hydrogen-bond acceptors (Lipinski definition) is 2. The van der Waals surface area contributed by atoms with Crippen LogP contribution in [0.4, 0.5) is 0 Å². The minimum atomic E-state index is 0.524. The van der Waals surface area contributed by atoms with Crippen LogP contribution in [0.2, 0.25) is 0 Å². The van der Waals surface area contributed by atoms with Crippen molar-refractivity contribution in [3.63, 3.8) is 0 Å². The van der Waals surface area contributed by atoms with Gasteiger partial charge in [0.2, 0.25) is 0 Å². The van der Waals surface area contributed by atoms with Crippen molar-refractivity contribution in [1.29, 1.82) is 0 Å². The molecule has 0 radical (unpaired) electrons. The lowest BCUT2D eigenvalue weighted by Crippen LogP contribution is -2.23. The minimum Gasteiger partial charge on any atom is -0.313 e. The maximum absolute atomic E-state index is 3.40. The van der Waals surface area contributed by atoms with E-state index in [1.165, 1.54) is 17.5 Å². The SMILES string of the molecule is CCC(C)C(NC)c1cscc1C. The first kappa shape index (κ1) is 10.7. The molecule has 74 valence electrons. The fraction of sp³-hybridized carbons (Fsp3) is 0.636. The summed E-state index contributed by atoms with van der Waals surface area (Å²) < 4.78 is 0. The second-order valence-corrected chi connectivity index (χ2v) is 4.41. The molecule has 0 aromatic carbocycles. The van der Waals surface area contributed by atoms with Gasteiger partial charge >= 0.3 is 0 Å². The maximum Gasteiger partial charge on any atom is 0.0354 e. The van der Waals surface area contributed by atoms with Gasteiger partial charge in [-0.25, -0.2) is 0 Å². The molecule has 13 heavy (non-hydrogen) atoms. The van der Waals surface area contributed by atoms with E-state index in [0.29, 0.717) is 12.0 Å². The summed E-state index contributed by atoms with van der Waals surface area (Å²) in [4.78, 5) is 0. The van der Waals surface area contributed by atoms with Crippen molar-refractivity contribution in [1.82, 2.24) is 5.32 Å². The monoisotopic (exact) mass is 197 g/mol. The molecule has 2 atom stereocenters. The number of nitrogens with one attached hydrogen (secondary N) is 1. The summed E-state index contributed by atoms with van der Waals surface area (Å²) in [6, 6.07) is 0.524. The van der Waals surface area contributed by atoms with Gasteiger partial charge in [-0.3, -0.25) is 0 Å². The van der Waals surface area contributed by atoms with E-state index in [0.717, 1.165) is 0 Å². The molecule has 0 amide bonds. The van der Waals surface area contributed by atoms with Crippen LogP contribution in [0.25, 0.3) is 0 Å². The van der Waals surface area contributed by atoms with Crippen molar-refractivity contribution in [2.24, 2.45) is 5.92 Å². The van der Waals surface area contributed by atoms with Crippen LogP contribution >= 0.6 is 11.3 Å². The molecule has 0 bridgehead atoms. The van der Waals surface area contributed by atoms with Gasteiger partial charge in [0.05, 0.1) is 0 Å². The quantitative estimate of drug-likeness (QED) is 0.780. The zero-order chi connectivity index (χ0) is 9.84. The van der Waals surface area contributed by atoms with Gasteiger partial charge in [-0.1, -0.05) is 20.3 Å². The Morgan fingerprint density at radius 3 is 2.54 bits per heavy atom. The third-order valence-corrected chi connectivity index (χ3v) is 3.63. The fourth-order valence-corrected chi connectivity index (χ4v) is 2.56. The fourth-order valence-electron chi connectivity index (χ4n) is 1.67. The molecule has 1 aromatic rings. The number of hydrogen-bond donors (Lipinski definition) is 1. The normalized spacial score (nSPS) is 15.7. The van der Waals surface area contributed by atoms with Gasteiger partial charge in [0, 0.05) is 6.04 Å². The minimum absolute atomic E-state index is 0.524. The van der Waals surface area contributed by atoms with Gasteiger partial charge in [0.15, 0.2) is 0 Å². The number of rotatable bonds is 4. The molecule has 0 aliphatic heterocycles. The van der Waals surface area contributed by atoms with Crippen molar-refractivity contribution in [2.75, 3.05) is 7.05 Å². The van der Waals surface area contributed by atoms with E-state index in [2.05, 4.69) is 36.8 Å². The van der Waals surface area contributed by atoms with E-state index in [-0.39, 0.29) is 0 Å². The highest BCUT2D eigenvalue weighted by Crippen LogP contribution is 2.28. The van der Waals surface area contributed by atoms with E-state index in [9.17, 15) is 0 Å². The Morgan fingerprint density at radius 1 is 1.46 bits per heavy atom. The third kappa shape index (κ3) is 2.32. The maximum atomic E-state index is 3.40. The van der Waals surface area contributed by atoms with Crippen LogP contribution in [0.1, 0.15) is 37.4 Å². The summed E-state index contributed by atoms with van der Waals surface area (Å²) >= 11 is 1.80. The van der Waals surface area contributed by atoms with Gasteiger partial charge < -0.3 is 5.32 Å². The second kappa shape index (κ2) is 4.77. The molecule has 1 nitrogen and oxygen atoms in total. The molecule has 1 N–H and O–H groups in total. The first-order valence-corrected chi connectivity index (χ1v) is 5.84. The lowest BCUT2D eigenvalue weighted by Gasteiger charge is -2.22. The van der Waals surface area contributed by atoms with E-state index in [1.807, 2.05) is 7.05 Å². The lowest BCUT2D eigenvalue weighted by molar-refractivity contribution is 0.400. The van der Waals surface area contributed by atoms with E-state index < -0.39 is 0 Å². The highest BCUT2D eigenvalue weighted by Gasteiger charge is 2.17. The predicted molar refractivity (Wildman–Crippen MR) is 60.3 cm³/mol. The molecule has 0 aliphatic rings. The summed E-state index contributed by atoms with van der Waals surface area (Å²) in [5.41, 5.74) is 2.89. The summed E-state index contributed by atoms with van der Waals surface area (Å²) in [7, 11) is 2.05. The van der Waals surface area contributed by atoms with Crippen LogP contribution < -0.4 is 5.32 Å². The largest absolute Gasteiger partial charge is 0.313 e. The van der Waals surface area contributed by atoms with Crippen LogP contribution in [0, 0.1) is 12.8 Å². The van der Waals surface area contributed by atoms with Gasteiger partial charge in [-0.05, 0) is 41.8 Å². The molecule has 0 saturated carbocycles. The average Bonchev–Trinajstić information content (AvgIpc) is 2.53. The smallest absolute Gasteiger partial charge is 0.0354 e. The Hall–Kier alpha value is -0.340. The topological polar surface area (TPSA) is 12.0 Å². The standard InChI is InChI=1S/C11H19NS/c1-5-8(2)11(12-4)10-7-13-6-9(10)3/h6-8,11-12H,5H2,1-4H3. The molecule has 1 rings (SSSR count). The second-order valence-electron chi connectivity index (χ2n) is 3.66. The van der Waals surface area contributed by atoms with Crippen LogP contribution in [-0.2, 0) is 0 Å². The summed E-state index contributed by atoms with van der Waals surface area (Å²) in [6.45, 7) is 6.74. The van der Waals surface area contributed by atoms with Crippen LogP contribution in [-0.4, -0.2) is 7.05 Å². The number of thiophene rings is 1. The van der Waals surface area contributed by atoms with Gasteiger partial charge in [-0.2, -0.15) is 11.3 Å². The molecular weight excluding hydrogens is 178 g/mol. The molecule has 0 saturated heterocycles. The van der Waals surface area contributed by atoms with E-state index in [4.69, 9.17) is 0 Å². The van der Waals surface area contributed by atoms with Gasteiger partial charge in [0.1, 0.15) is 0 Å². The molecule has 0 aliphatic carbocycles. The zero-order valence-corrected chi connectivity index (χ0v) is 9.74.